The molecule has 13 heavy (non-hydrogen) atoms. The molecule has 2 fully saturated rings. The largest absolute Gasteiger partial charge is 0.299 e. The fraction of sp³-hybridized carbons (Fsp3) is 0.818. The average Bonchev–Trinajstić information content (AvgIpc) is 2.65. The van der Waals surface area contributed by atoms with Gasteiger partial charge in [0.05, 0.1) is 0 Å². The van der Waals surface area contributed by atoms with Crippen LogP contribution in [0.3, 0.4) is 0 Å². The lowest BCUT2D eigenvalue weighted by Gasteiger charge is -2.12. The zero-order chi connectivity index (χ0) is 9.26. The SMILES string of the molecule is O=C1CCCC1CC1CCCC1=O. The van der Waals surface area contributed by atoms with Crippen LogP contribution < -0.4 is 0 Å². The molecule has 72 valence electrons. The van der Waals surface area contributed by atoms with Crippen molar-refractivity contribution < 1.29 is 9.59 Å². The molecule has 0 spiro atoms. The van der Waals surface area contributed by atoms with Crippen molar-refractivity contribution in [1.82, 2.24) is 0 Å². The van der Waals surface area contributed by atoms with Crippen LogP contribution in [0, 0.1) is 11.8 Å². The summed E-state index contributed by atoms with van der Waals surface area (Å²) in [5.41, 5.74) is 0. The molecule has 0 radical (unpaired) electrons. The minimum atomic E-state index is 0.229. The van der Waals surface area contributed by atoms with Gasteiger partial charge in [-0.3, -0.25) is 9.59 Å². The summed E-state index contributed by atoms with van der Waals surface area (Å²) in [5, 5.41) is 0. The third-order valence-electron chi connectivity index (χ3n) is 3.43. The number of Topliss-reactive ketones (excluding diaryl/α,β-unsaturated/α-hetero) is 2. The first-order valence-corrected chi connectivity index (χ1v) is 5.33. The summed E-state index contributed by atoms with van der Waals surface area (Å²) in [5.74, 6) is 1.26. The third-order valence-corrected chi connectivity index (χ3v) is 3.43. The summed E-state index contributed by atoms with van der Waals surface area (Å²) in [6.07, 6.45) is 6.52. The molecule has 0 N–H and O–H groups in total. The van der Waals surface area contributed by atoms with E-state index in [2.05, 4.69) is 0 Å². The van der Waals surface area contributed by atoms with Gasteiger partial charge in [0.2, 0.25) is 0 Å². The van der Waals surface area contributed by atoms with E-state index in [4.69, 9.17) is 0 Å². The minimum absolute atomic E-state index is 0.229. The molecule has 0 aromatic carbocycles. The van der Waals surface area contributed by atoms with E-state index in [9.17, 15) is 9.59 Å². The van der Waals surface area contributed by atoms with Gasteiger partial charge in [-0.05, 0) is 32.1 Å². The molecule has 2 saturated carbocycles. The van der Waals surface area contributed by atoms with Crippen LogP contribution >= 0.6 is 0 Å². The van der Waals surface area contributed by atoms with Crippen LogP contribution in [0.5, 0.6) is 0 Å². The van der Waals surface area contributed by atoms with Gasteiger partial charge in [0.15, 0.2) is 0 Å². The van der Waals surface area contributed by atoms with Crippen LogP contribution in [-0.2, 0) is 9.59 Å². The Hall–Kier alpha value is -0.660. The highest BCUT2D eigenvalue weighted by atomic mass is 16.1. The standard InChI is InChI=1S/C11H16O2/c12-10-5-1-3-8(10)7-9-4-2-6-11(9)13/h8-9H,1-7H2. The Balaban J connectivity index is 1.89. The van der Waals surface area contributed by atoms with Crippen molar-refractivity contribution >= 4 is 11.6 Å². The summed E-state index contributed by atoms with van der Waals surface area (Å²) < 4.78 is 0. The van der Waals surface area contributed by atoms with Gasteiger partial charge in [0, 0.05) is 24.7 Å². The molecule has 0 heterocycles. The lowest BCUT2D eigenvalue weighted by atomic mass is 9.91. The second-order valence-electron chi connectivity index (χ2n) is 4.35. The predicted molar refractivity (Wildman–Crippen MR) is 49.3 cm³/mol. The molecule has 2 nitrogen and oxygen atoms in total. The Bertz CT molecular complexity index is 208. The monoisotopic (exact) mass is 180 g/mol. The van der Waals surface area contributed by atoms with E-state index in [1.165, 1.54) is 0 Å². The van der Waals surface area contributed by atoms with Gasteiger partial charge < -0.3 is 0 Å². The first kappa shape index (κ1) is 8.92. The van der Waals surface area contributed by atoms with Crippen molar-refractivity contribution in [1.29, 1.82) is 0 Å². The van der Waals surface area contributed by atoms with E-state index < -0.39 is 0 Å². The van der Waals surface area contributed by atoms with Gasteiger partial charge in [-0.25, -0.2) is 0 Å². The fourth-order valence-corrected chi connectivity index (χ4v) is 2.62. The molecule has 2 aliphatic rings. The molecule has 0 aliphatic heterocycles. The molecule has 2 heteroatoms. The quantitative estimate of drug-likeness (QED) is 0.652. The van der Waals surface area contributed by atoms with Crippen molar-refractivity contribution in [2.24, 2.45) is 11.8 Å². The molecule has 0 bridgehead atoms. The molecule has 2 aliphatic carbocycles. The van der Waals surface area contributed by atoms with E-state index in [1.54, 1.807) is 0 Å². The smallest absolute Gasteiger partial charge is 0.136 e. The normalized spacial score (nSPS) is 34.5. The number of ketones is 2. The summed E-state index contributed by atoms with van der Waals surface area (Å²) in [6.45, 7) is 0. The van der Waals surface area contributed by atoms with E-state index in [0.29, 0.717) is 11.6 Å². The fourth-order valence-electron chi connectivity index (χ4n) is 2.62. The molecule has 0 amide bonds. The molecule has 2 rings (SSSR count). The van der Waals surface area contributed by atoms with Gasteiger partial charge in [-0.1, -0.05) is 0 Å². The Labute approximate surface area is 78.7 Å². The van der Waals surface area contributed by atoms with Crippen LogP contribution in [-0.4, -0.2) is 11.6 Å². The van der Waals surface area contributed by atoms with Crippen molar-refractivity contribution in [3.63, 3.8) is 0 Å². The van der Waals surface area contributed by atoms with Crippen molar-refractivity contribution in [3.8, 4) is 0 Å². The van der Waals surface area contributed by atoms with Crippen LogP contribution in [0.2, 0.25) is 0 Å². The maximum atomic E-state index is 11.4. The highest BCUT2D eigenvalue weighted by Crippen LogP contribution is 2.33. The van der Waals surface area contributed by atoms with Gasteiger partial charge >= 0.3 is 0 Å². The van der Waals surface area contributed by atoms with Gasteiger partial charge in [0.1, 0.15) is 11.6 Å². The van der Waals surface area contributed by atoms with Gasteiger partial charge in [0.25, 0.3) is 0 Å². The maximum absolute atomic E-state index is 11.4. The molecular weight excluding hydrogens is 164 g/mol. The molecule has 0 aromatic rings. The van der Waals surface area contributed by atoms with Crippen LogP contribution in [0.15, 0.2) is 0 Å². The summed E-state index contributed by atoms with van der Waals surface area (Å²) in [7, 11) is 0. The zero-order valence-electron chi connectivity index (χ0n) is 7.92. The second kappa shape index (κ2) is 3.60. The summed E-state index contributed by atoms with van der Waals surface area (Å²) in [4.78, 5) is 22.7. The van der Waals surface area contributed by atoms with Crippen LogP contribution in [0.1, 0.15) is 44.9 Å². The first-order valence-electron chi connectivity index (χ1n) is 5.33. The van der Waals surface area contributed by atoms with Crippen molar-refractivity contribution in [2.45, 2.75) is 44.9 Å². The van der Waals surface area contributed by atoms with Crippen molar-refractivity contribution in [3.05, 3.63) is 0 Å². The minimum Gasteiger partial charge on any atom is -0.299 e. The Morgan fingerprint density at radius 3 is 1.69 bits per heavy atom. The first-order chi connectivity index (χ1) is 6.27. The molecule has 2 atom stereocenters. The number of carbonyl (C=O) groups is 2. The summed E-state index contributed by atoms with van der Waals surface area (Å²) >= 11 is 0. The lowest BCUT2D eigenvalue weighted by Crippen LogP contribution is -2.15. The molecule has 0 saturated heterocycles. The predicted octanol–water partition coefficient (Wildman–Crippen LogP) is 2.11. The maximum Gasteiger partial charge on any atom is 0.136 e. The van der Waals surface area contributed by atoms with Crippen LogP contribution in [0.25, 0.3) is 0 Å². The lowest BCUT2D eigenvalue weighted by molar-refractivity contribution is -0.123. The number of carbonyl (C=O) groups excluding carboxylic acids is 2. The number of rotatable bonds is 2. The number of hydrogen-bond donors (Lipinski definition) is 0. The average molecular weight is 180 g/mol. The van der Waals surface area contributed by atoms with Gasteiger partial charge in [-0.15, -0.1) is 0 Å². The highest BCUT2D eigenvalue weighted by Gasteiger charge is 2.32. The van der Waals surface area contributed by atoms with Gasteiger partial charge in [-0.2, -0.15) is 0 Å². The molecule has 0 aromatic heterocycles. The highest BCUT2D eigenvalue weighted by molar-refractivity contribution is 5.86. The second-order valence-corrected chi connectivity index (χ2v) is 4.35. The molecular formula is C11H16O2. The van der Waals surface area contributed by atoms with Crippen LogP contribution in [0.4, 0.5) is 0 Å². The Morgan fingerprint density at radius 2 is 1.38 bits per heavy atom. The zero-order valence-corrected chi connectivity index (χ0v) is 7.92. The van der Waals surface area contributed by atoms with Crippen molar-refractivity contribution in [2.75, 3.05) is 0 Å². The number of hydrogen-bond acceptors (Lipinski definition) is 2. The topological polar surface area (TPSA) is 34.1 Å². The molecule has 2 unspecified atom stereocenters. The van der Waals surface area contributed by atoms with E-state index in [-0.39, 0.29) is 11.8 Å². The van der Waals surface area contributed by atoms with E-state index in [1.807, 2.05) is 0 Å². The van der Waals surface area contributed by atoms with E-state index in [0.717, 1.165) is 44.9 Å². The Kier molecular flexibility index (Phi) is 2.47. The Morgan fingerprint density at radius 1 is 0.923 bits per heavy atom. The third kappa shape index (κ3) is 1.82. The van der Waals surface area contributed by atoms with E-state index >= 15 is 0 Å². The summed E-state index contributed by atoms with van der Waals surface area (Å²) in [6, 6.07) is 0.